The summed E-state index contributed by atoms with van der Waals surface area (Å²) >= 11 is 0. The van der Waals surface area contributed by atoms with Crippen LogP contribution in [0.3, 0.4) is 0 Å². The first-order valence-electron chi connectivity index (χ1n) is 10.1. The summed E-state index contributed by atoms with van der Waals surface area (Å²) in [5.74, 6) is 1.74. The minimum atomic E-state index is 0.0170. The van der Waals surface area contributed by atoms with E-state index in [1.807, 2.05) is 9.80 Å². The molecule has 2 aliphatic rings. The van der Waals surface area contributed by atoms with E-state index in [9.17, 15) is 9.59 Å². The average Bonchev–Trinajstić information content (AvgIpc) is 3.24. The van der Waals surface area contributed by atoms with Gasteiger partial charge in [-0.3, -0.25) is 9.59 Å². The standard InChI is InChI=1S/C22H30N2O3/c1-2-17-27-20-10-8-19(9-11-20)22(26)24-15-13-23(14-16-24)21(25)12-7-18-5-3-4-6-18/h2,8-11,18H,1,3-7,12-17H2. The number of piperazine rings is 1. The highest BCUT2D eigenvalue weighted by atomic mass is 16.5. The summed E-state index contributed by atoms with van der Waals surface area (Å²) in [6, 6.07) is 7.19. The Kier molecular flexibility index (Phi) is 6.91. The van der Waals surface area contributed by atoms with Crippen LogP contribution in [-0.4, -0.2) is 54.4 Å². The third-order valence-corrected chi connectivity index (χ3v) is 5.63. The summed E-state index contributed by atoms with van der Waals surface area (Å²) in [4.78, 5) is 28.8. The van der Waals surface area contributed by atoms with Crippen molar-refractivity contribution < 1.29 is 14.3 Å². The van der Waals surface area contributed by atoms with Gasteiger partial charge in [0.2, 0.25) is 5.91 Å². The van der Waals surface area contributed by atoms with E-state index in [1.165, 1.54) is 25.7 Å². The number of hydrogen-bond donors (Lipinski definition) is 0. The molecule has 1 aromatic rings. The van der Waals surface area contributed by atoms with E-state index in [0.717, 1.165) is 18.1 Å². The third-order valence-electron chi connectivity index (χ3n) is 5.63. The molecule has 2 amide bonds. The first-order chi connectivity index (χ1) is 13.2. The van der Waals surface area contributed by atoms with Crippen molar-refractivity contribution in [1.29, 1.82) is 0 Å². The van der Waals surface area contributed by atoms with Gasteiger partial charge in [0, 0.05) is 38.2 Å². The molecule has 146 valence electrons. The van der Waals surface area contributed by atoms with Gasteiger partial charge >= 0.3 is 0 Å². The van der Waals surface area contributed by atoms with Crippen LogP contribution in [0, 0.1) is 5.92 Å². The Bertz CT molecular complexity index is 642. The highest BCUT2D eigenvalue weighted by molar-refractivity contribution is 5.94. The Morgan fingerprint density at radius 2 is 1.67 bits per heavy atom. The maximum Gasteiger partial charge on any atom is 0.253 e. The van der Waals surface area contributed by atoms with Crippen LogP contribution in [0.25, 0.3) is 0 Å². The van der Waals surface area contributed by atoms with Gasteiger partial charge in [0.15, 0.2) is 0 Å². The van der Waals surface area contributed by atoms with Crippen molar-refractivity contribution in [2.75, 3.05) is 32.8 Å². The highest BCUT2D eigenvalue weighted by Gasteiger charge is 2.25. The van der Waals surface area contributed by atoms with Crippen LogP contribution < -0.4 is 4.74 Å². The van der Waals surface area contributed by atoms with Crippen LogP contribution in [0.4, 0.5) is 0 Å². The van der Waals surface area contributed by atoms with Gasteiger partial charge in [0.25, 0.3) is 5.91 Å². The zero-order valence-corrected chi connectivity index (χ0v) is 16.1. The second-order valence-electron chi connectivity index (χ2n) is 7.49. The molecule has 1 saturated heterocycles. The van der Waals surface area contributed by atoms with Gasteiger partial charge in [-0.05, 0) is 36.6 Å². The lowest BCUT2D eigenvalue weighted by Crippen LogP contribution is -2.50. The van der Waals surface area contributed by atoms with Gasteiger partial charge in [0.1, 0.15) is 12.4 Å². The number of ether oxygens (including phenoxy) is 1. The van der Waals surface area contributed by atoms with Gasteiger partial charge < -0.3 is 14.5 Å². The Labute approximate surface area is 162 Å². The topological polar surface area (TPSA) is 49.9 Å². The predicted octanol–water partition coefficient (Wildman–Crippen LogP) is 3.51. The molecule has 1 aliphatic heterocycles. The fraction of sp³-hybridized carbons (Fsp3) is 0.545. The van der Waals surface area contributed by atoms with E-state index in [4.69, 9.17) is 4.74 Å². The van der Waals surface area contributed by atoms with Crippen LogP contribution in [-0.2, 0) is 4.79 Å². The second kappa shape index (κ2) is 9.58. The molecule has 0 bridgehead atoms. The van der Waals surface area contributed by atoms with Gasteiger partial charge in [-0.2, -0.15) is 0 Å². The normalized spacial score (nSPS) is 17.8. The lowest BCUT2D eigenvalue weighted by atomic mass is 10.0. The van der Waals surface area contributed by atoms with Crippen molar-refractivity contribution >= 4 is 11.8 Å². The SMILES string of the molecule is C=CCOc1ccc(C(=O)N2CCN(C(=O)CCC3CCCC3)CC2)cc1. The van der Waals surface area contributed by atoms with Crippen molar-refractivity contribution in [1.82, 2.24) is 9.80 Å². The van der Waals surface area contributed by atoms with Crippen molar-refractivity contribution in [3.05, 3.63) is 42.5 Å². The molecule has 3 rings (SSSR count). The molecule has 1 heterocycles. The molecule has 0 spiro atoms. The lowest BCUT2D eigenvalue weighted by Gasteiger charge is -2.35. The monoisotopic (exact) mass is 370 g/mol. The van der Waals surface area contributed by atoms with Crippen LogP contribution in [0.2, 0.25) is 0 Å². The molecule has 0 atom stereocenters. The first kappa shape index (κ1) is 19.5. The molecule has 1 aromatic carbocycles. The van der Waals surface area contributed by atoms with Gasteiger partial charge in [-0.15, -0.1) is 0 Å². The minimum absolute atomic E-state index is 0.0170. The first-order valence-corrected chi connectivity index (χ1v) is 10.1. The number of carbonyl (C=O) groups excluding carboxylic acids is 2. The summed E-state index contributed by atoms with van der Waals surface area (Å²) in [6.07, 6.45) is 8.58. The maximum atomic E-state index is 12.7. The molecule has 27 heavy (non-hydrogen) atoms. The van der Waals surface area contributed by atoms with Gasteiger partial charge in [-0.1, -0.05) is 38.3 Å². The zero-order chi connectivity index (χ0) is 19.1. The maximum absolute atomic E-state index is 12.7. The van der Waals surface area contributed by atoms with Crippen molar-refractivity contribution in [3.8, 4) is 5.75 Å². The summed E-state index contributed by atoms with van der Waals surface area (Å²) in [5.41, 5.74) is 0.655. The molecule has 5 nitrogen and oxygen atoms in total. The summed E-state index contributed by atoms with van der Waals surface area (Å²) < 4.78 is 5.45. The Morgan fingerprint density at radius 1 is 1.04 bits per heavy atom. The Hall–Kier alpha value is -2.30. The van der Waals surface area contributed by atoms with Crippen molar-refractivity contribution in [2.24, 2.45) is 5.92 Å². The molecule has 5 heteroatoms. The summed E-state index contributed by atoms with van der Waals surface area (Å²) in [6.45, 7) is 6.54. The van der Waals surface area contributed by atoms with Crippen LogP contribution in [0.1, 0.15) is 48.9 Å². The van der Waals surface area contributed by atoms with Crippen LogP contribution >= 0.6 is 0 Å². The fourth-order valence-electron chi connectivity index (χ4n) is 3.98. The number of nitrogens with zero attached hydrogens (tertiary/aromatic N) is 2. The smallest absolute Gasteiger partial charge is 0.253 e. The number of amides is 2. The van der Waals surface area contributed by atoms with E-state index in [-0.39, 0.29) is 11.8 Å². The molecule has 0 N–H and O–H groups in total. The van der Waals surface area contributed by atoms with E-state index < -0.39 is 0 Å². The predicted molar refractivity (Wildman–Crippen MR) is 106 cm³/mol. The van der Waals surface area contributed by atoms with Gasteiger partial charge in [-0.25, -0.2) is 0 Å². The minimum Gasteiger partial charge on any atom is -0.490 e. The van der Waals surface area contributed by atoms with Crippen molar-refractivity contribution in [2.45, 2.75) is 38.5 Å². The fourth-order valence-corrected chi connectivity index (χ4v) is 3.98. The van der Waals surface area contributed by atoms with E-state index >= 15 is 0 Å². The molecule has 0 radical (unpaired) electrons. The van der Waals surface area contributed by atoms with Crippen LogP contribution in [0.5, 0.6) is 5.75 Å². The van der Waals surface area contributed by atoms with Crippen molar-refractivity contribution in [3.63, 3.8) is 0 Å². The van der Waals surface area contributed by atoms with E-state index in [2.05, 4.69) is 6.58 Å². The number of carbonyl (C=O) groups is 2. The lowest BCUT2D eigenvalue weighted by molar-refractivity contribution is -0.133. The Morgan fingerprint density at radius 3 is 2.30 bits per heavy atom. The second-order valence-corrected chi connectivity index (χ2v) is 7.49. The molecular formula is C22H30N2O3. The Balaban J connectivity index is 1.44. The quantitative estimate of drug-likeness (QED) is 0.690. The van der Waals surface area contributed by atoms with Gasteiger partial charge in [0.05, 0.1) is 0 Å². The van der Waals surface area contributed by atoms with Crippen LogP contribution in [0.15, 0.2) is 36.9 Å². The summed E-state index contributed by atoms with van der Waals surface area (Å²) in [5, 5.41) is 0. The molecule has 2 fully saturated rings. The van der Waals surface area contributed by atoms with E-state index in [0.29, 0.717) is 44.8 Å². The highest BCUT2D eigenvalue weighted by Crippen LogP contribution is 2.28. The molecule has 0 aromatic heterocycles. The largest absolute Gasteiger partial charge is 0.490 e. The zero-order valence-electron chi connectivity index (χ0n) is 16.1. The number of benzene rings is 1. The third kappa shape index (κ3) is 5.34. The molecule has 1 aliphatic carbocycles. The molecule has 1 saturated carbocycles. The summed E-state index contributed by atoms with van der Waals surface area (Å²) in [7, 11) is 0. The number of rotatable bonds is 7. The average molecular weight is 370 g/mol. The molecular weight excluding hydrogens is 340 g/mol. The van der Waals surface area contributed by atoms with E-state index in [1.54, 1.807) is 30.3 Å². The molecule has 0 unspecified atom stereocenters. The number of hydrogen-bond acceptors (Lipinski definition) is 3.